The van der Waals surface area contributed by atoms with Gasteiger partial charge in [-0.1, -0.05) is 44.4 Å². The highest BCUT2D eigenvalue weighted by Crippen LogP contribution is 2.21. The molecule has 0 bridgehead atoms. The molecule has 3 heteroatoms. The lowest BCUT2D eigenvalue weighted by Crippen LogP contribution is -2.19. The number of hydrogen-bond donors (Lipinski definition) is 0. The predicted octanol–water partition coefficient (Wildman–Crippen LogP) is 3.75. The maximum absolute atomic E-state index is 11.9. The Balaban J connectivity index is 1.93. The van der Waals surface area contributed by atoms with Crippen LogP contribution in [0.5, 0.6) is 0 Å². The molecule has 0 saturated heterocycles. The van der Waals surface area contributed by atoms with E-state index in [1.807, 2.05) is 30.3 Å². The molecule has 0 saturated carbocycles. The third kappa shape index (κ3) is 3.19. The van der Waals surface area contributed by atoms with E-state index in [2.05, 4.69) is 12.0 Å². The molecule has 1 aliphatic rings. The van der Waals surface area contributed by atoms with E-state index in [0.29, 0.717) is 6.42 Å². The van der Waals surface area contributed by atoms with Crippen LogP contribution in [0.1, 0.15) is 45.4 Å². The van der Waals surface area contributed by atoms with Crippen molar-refractivity contribution in [3.05, 3.63) is 30.3 Å². The Morgan fingerprint density at radius 1 is 1.17 bits per heavy atom. The van der Waals surface area contributed by atoms with Crippen LogP contribution >= 0.6 is 0 Å². The van der Waals surface area contributed by atoms with Crippen LogP contribution in [-0.4, -0.2) is 11.6 Å². The van der Waals surface area contributed by atoms with Gasteiger partial charge in [-0.15, -0.1) is 0 Å². The predicted molar refractivity (Wildman–Crippen MR) is 74.7 cm³/mol. The summed E-state index contributed by atoms with van der Waals surface area (Å²) in [4.78, 5) is 11.9. The second-order valence-electron chi connectivity index (χ2n) is 4.69. The van der Waals surface area contributed by atoms with Gasteiger partial charge in [0.25, 0.3) is 5.91 Å². The Morgan fingerprint density at radius 2 is 1.94 bits per heavy atom. The van der Waals surface area contributed by atoms with Crippen molar-refractivity contribution in [3.63, 3.8) is 0 Å². The molecule has 3 nitrogen and oxygen atoms in total. The summed E-state index contributed by atoms with van der Waals surface area (Å²) in [5.41, 5.74) is 1.89. The molecule has 0 N–H and O–H groups in total. The van der Waals surface area contributed by atoms with Crippen LogP contribution in [0.2, 0.25) is 0 Å². The van der Waals surface area contributed by atoms with Gasteiger partial charge in [0, 0.05) is 5.71 Å². The van der Waals surface area contributed by atoms with Crippen LogP contribution in [-0.2, 0) is 4.79 Å². The van der Waals surface area contributed by atoms with E-state index in [9.17, 15) is 4.79 Å². The quantitative estimate of drug-likeness (QED) is 0.701. The van der Waals surface area contributed by atoms with Crippen molar-refractivity contribution in [2.45, 2.75) is 45.4 Å². The lowest BCUT2D eigenvalue weighted by Gasteiger charge is -2.10. The molecule has 0 radical (unpaired) electrons. The number of rotatable bonds is 6. The van der Waals surface area contributed by atoms with E-state index in [-0.39, 0.29) is 5.91 Å². The first-order chi connectivity index (χ1) is 8.81. The fraction of sp³-hybridized carbons (Fsp3) is 0.467. The summed E-state index contributed by atoms with van der Waals surface area (Å²) < 4.78 is 0. The molecule has 0 atom stereocenters. The average Bonchev–Trinajstić information content (AvgIpc) is 2.77. The Hall–Kier alpha value is -1.64. The number of amides is 1. The number of benzene rings is 1. The normalized spacial score (nSPS) is 15.1. The third-order valence-corrected chi connectivity index (χ3v) is 3.15. The minimum atomic E-state index is 0.0895. The van der Waals surface area contributed by atoms with Crippen LogP contribution in [0, 0.1) is 0 Å². The number of carbonyl (C=O) groups is 1. The fourth-order valence-corrected chi connectivity index (χ4v) is 2.15. The van der Waals surface area contributed by atoms with Crippen molar-refractivity contribution in [1.29, 1.82) is 0 Å². The van der Waals surface area contributed by atoms with Gasteiger partial charge in [0.1, 0.15) is 0 Å². The van der Waals surface area contributed by atoms with Gasteiger partial charge < -0.3 is 0 Å². The summed E-state index contributed by atoms with van der Waals surface area (Å²) in [5.74, 6) is 0.0895. The number of anilines is 1. The van der Waals surface area contributed by atoms with Gasteiger partial charge in [-0.25, -0.2) is 5.01 Å². The molecular formula is C15H20N2O. The maximum Gasteiger partial charge on any atom is 0.253 e. The van der Waals surface area contributed by atoms with Crippen molar-refractivity contribution < 1.29 is 4.79 Å². The molecule has 1 amide bonds. The summed E-state index contributed by atoms with van der Waals surface area (Å²) in [7, 11) is 0. The first-order valence-electron chi connectivity index (χ1n) is 6.75. The molecule has 1 aliphatic heterocycles. The molecule has 0 aromatic heterocycles. The van der Waals surface area contributed by atoms with Gasteiger partial charge in [-0.2, -0.15) is 5.10 Å². The SMILES string of the molecule is CCCCCCC1=NN(c2ccccc2)C(=O)C1. The molecule has 0 spiro atoms. The minimum Gasteiger partial charge on any atom is -0.272 e. The lowest BCUT2D eigenvalue weighted by molar-refractivity contribution is -0.116. The molecule has 0 unspecified atom stereocenters. The van der Waals surface area contributed by atoms with E-state index >= 15 is 0 Å². The van der Waals surface area contributed by atoms with Gasteiger partial charge in [0.2, 0.25) is 0 Å². The number of carbonyl (C=O) groups excluding carboxylic acids is 1. The van der Waals surface area contributed by atoms with Crippen molar-refractivity contribution in [2.24, 2.45) is 5.10 Å². The smallest absolute Gasteiger partial charge is 0.253 e. The molecule has 18 heavy (non-hydrogen) atoms. The second kappa shape index (κ2) is 6.34. The van der Waals surface area contributed by atoms with E-state index < -0.39 is 0 Å². The molecule has 1 aromatic carbocycles. The van der Waals surface area contributed by atoms with E-state index in [1.165, 1.54) is 24.3 Å². The van der Waals surface area contributed by atoms with Crippen LogP contribution in [0.3, 0.4) is 0 Å². The van der Waals surface area contributed by atoms with E-state index in [0.717, 1.165) is 24.2 Å². The van der Waals surface area contributed by atoms with Gasteiger partial charge in [0.15, 0.2) is 0 Å². The van der Waals surface area contributed by atoms with Crippen LogP contribution in [0.15, 0.2) is 35.4 Å². The van der Waals surface area contributed by atoms with Gasteiger partial charge in [-0.05, 0) is 25.0 Å². The van der Waals surface area contributed by atoms with Crippen LogP contribution in [0.25, 0.3) is 0 Å². The Kier molecular flexibility index (Phi) is 4.51. The summed E-state index contributed by atoms with van der Waals surface area (Å²) in [6.45, 7) is 2.20. The molecular weight excluding hydrogens is 224 g/mol. The zero-order chi connectivity index (χ0) is 12.8. The fourth-order valence-electron chi connectivity index (χ4n) is 2.15. The number of nitrogens with zero attached hydrogens (tertiary/aromatic N) is 2. The highest BCUT2D eigenvalue weighted by atomic mass is 16.2. The largest absolute Gasteiger partial charge is 0.272 e. The number of para-hydroxylation sites is 1. The van der Waals surface area contributed by atoms with Gasteiger partial charge in [0.05, 0.1) is 12.1 Å². The second-order valence-corrected chi connectivity index (χ2v) is 4.69. The van der Waals surface area contributed by atoms with E-state index in [4.69, 9.17) is 0 Å². The monoisotopic (exact) mass is 244 g/mol. The first kappa shape index (κ1) is 12.8. The van der Waals surface area contributed by atoms with E-state index in [1.54, 1.807) is 0 Å². The zero-order valence-corrected chi connectivity index (χ0v) is 10.9. The topological polar surface area (TPSA) is 32.7 Å². The maximum atomic E-state index is 11.9. The lowest BCUT2D eigenvalue weighted by atomic mass is 10.1. The average molecular weight is 244 g/mol. The third-order valence-electron chi connectivity index (χ3n) is 3.15. The minimum absolute atomic E-state index is 0.0895. The Morgan fingerprint density at radius 3 is 2.67 bits per heavy atom. The number of hydrazone groups is 1. The van der Waals surface area contributed by atoms with Crippen molar-refractivity contribution in [2.75, 3.05) is 5.01 Å². The summed E-state index contributed by atoms with van der Waals surface area (Å²) >= 11 is 0. The summed E-state index contributed by atoms with van der Waals surface area (Å²) in [5, 5.41) is 5.97. The molecule has 0 aliphatic carbocycles. The molecule has 0 fully saturated rings. The van der Waals surface area contributed by atoms with Crippen molar-refractivity contribution in [1.82, 2.24) is 0 Å². The van der Waals surface area contributed by atoms with Gasteiger partial charge >= 0.3 is 0 Å². The van der Waals surface area contributed by atoms with Crippen LogP contribution in [0.4, 0.5) is 5.69 Å². The number of hydrogen-bond acceptors (Lipinski definition) is 2. The Bertz CT molecular complexity index is 425. The van der Waals surface area contributed by atoms with Crippen LogP contribution < -0.4 is 5.01 Å². The van der Waals surface area contributed by atoms with Crippen molar-refractivity contribution >= 4 is 17.3 Å². The van der Waals surface area contributed by atoms with Crippen molar-refractivity contribution in [3.8, 4) is 0 Å². The summed E-state index contributed by atoms with van der Waals surface area (Å²) in [6.07, 6.45) is 6.32. The highest BCUT2D eigenvalue weighted by molar-refractivity contribution is 6.12. The molecule has 1 aromatic rings. The molecule has 1 heterocycles. The Labute approximate surface area is 108 Å². The highest BCUT2D eigenvalue weighted by Gasteiger charge is 2.24. The molecule has 96 valence electrons. The number of unbranched alkanes of at least 4 members (excludes halogenated alkanes) is 3. The molecule has 2 rings (SSSR count). The summed E-state index contributed by atoms with van der Waals surface area (Å²) in [6, 6.07) is 9.64. The first-order valence-corrected chi connectivity index (χ1v) is 6.75. The zero-order valence-electron chi connectivity index (χ0n) is 10.9. The standard InChI is InChI=1S/C15H20N2O/c1-2-3-4-6-9-13-12-15(18)17(16-13)14-10-7-5-8-11-14/h5,7-8,10-11H,2-4,6,9,12H2,1H3. The van der Waals surface area contributed by atoms with Gasteiger partial charge in [-0.3, -0.25) is 4.79 Å².